The van der Waals surface area contributed by atoms with E-state index in [-0.39, 0.29) is 17.3 Å². The Kier molecular flexibility index (Phi) is 4.90. The van der Waals surface area contributed by atoms with E-state index >= 15 is 0 Å². The van der Waals surface area contributed by atoms with Gasteiger partial charge in [0.2, 0.25) is 0 Å². The number of benzene rings is 1. The Morgan fingerprint density at radius 2 is 2.14 bits per heavy atom. The lowest BCUT2D eigenvalue weighted by Gasteiger charge is -2.13. The molecule has 0 atom stereocenters. The molecule has 21 heavy (non-hydrogen) atoms. The number of nitrogens with zero attached hydrogens (tertiary/aromatic N) is 3. The lowest BCUT2D eigenvalue weighted by atomic mass is 10.2. The van der Waals surface area contributed by atoms with Crippen LogP contribution in [0, 0.1) is 6.92 Å². The fourth-order valence-corrected chi connectivity index (χ4v) is 3.64. The smallest absolute Gasteiger partial charge is 0.265 e. The standard InChI is InChI=1S/C12H13BrClN3O3S/c1-3-17-11(15-7-16-17)6-20-12-8(2)4-9(13)5-10(12)21(14,18)19/h4-5,7H,3,6H2,1-2H3. The summed E-state index contributed by atoms with van der Waals surface area (Å²) in [4.78, 5) is 4.01. The number of rotatable bonds is 5. The molecule has 1 aromatic heterocycles. The molecule has 0 radical (unpaired) electrons. The molecular formula is C12H13BrClN3O3S. The number of hydrogen-bond acceptors (Lipinski definition) is 5. The van der Waals surface area contributed by atoms with E-state index in [4.69, 9.17) is 15.4 Å². The molecule has 0 spiro atoms. The van der Waals surface area contributed by atoms with Gasteiger partial charge in [0.05, 0.1) is 0 Å². The van der Waals surface area contributed by atoms with Crippen LogP contribution in [0.15, 0.2) is 27.8 Å². The van der Waals surface area contributed by atoms with Gasteiger partial charge in [-0.2, -0.15) is 5.10 Å². The Morgan fingerprint density at radius 3 is 2.76 bits per heavy atom. The molecule has 9 heteroatoms. The number of aryl methyl sites for hydroxylation is 2. The first-order valence-electron chi connectivity index (χ1n) is 6.07. The van der Waals surface area contributed by atoms with Gasteiger partial charge in [0.15, 0.2) is 5.82 Å². The Hall–Kier alpha value is -1.12. The van der Waals surface area contributed by atoms with Crippen molar-refractivity contribution in [2.45, 2.75) is 31.9 Å². The molecule has 0 aliphatic heterocycles. The van der Waals surface area contributed by atoms with Crippen molar-refractivity contribution < 1.29 is 13.2 Å². The third kappa shape index (κ3) is 3.75. The van der Waals surface area contributed by atoms with Gasteiger partial charge in [-0.1, -0.05) is 15.9 Å². The van der Waals surface area contributed by atoms with E-state index in [1.54, 1.807) is 17.7 Å². The van der Waals surface area contributed by atoms with Gasteiger partial charge in [-0.3, -0.25) is 0 Å². The van der Waals surface area contributed by atoms with Crippen LogP contribution in [-0.2, 0) is 22.2 Å². The third-order valence-electron chi connectivity index (χ3n) is 2.81. The van der Waals surface area contributed by atoms with Crippen molar-refractivity contribution in [1.82, 2.24) is 14.8 Å². The summed E-state index contributed by atoms with van der Waals surface area (Å²) >= 11 is 3.25. The predicted molar refractivity (Wildman–Crippen MR) is 81.9 cm³/mol. The highest BCUT2D eigenvalue weighted by Crippen LogP contribution is 2.34. The maximum absolute atomic E-state index is 11.7. The van der Waals surface area contributed by atoms with Crippen molar-refractivity contribution in [1.29, 1.82) is 0 Å². The molecule has 0 aliphatic rings. The Morgan fingerprint density at radius 1 is 1.43 bits per heavy atom. The van der Waals surface area contributed by atoms with E-state index in [1.165, 1.54) is 12.4 Å². The molecule has 6 nitrogen and oxygen atoms in total. The lowest BCUT2D eigenvalue weighted by molar-refractivity contribution is 0.278. The first-order valence-corrected chi connectivity index (χ1v) is 9.17. The average Bonchev–Trinajstić information content (AvgIpc) is 2.83. The van der Waals surface area contributed by atoms with Crippen LogP contribution in [0.3, 0.4) is 0 Å². The summed E-state index contributed by atoms with van der Waals surface area (Å²) in [6.07, 6.45) is 1.43. The summed E-state index contributed by atoms with van der Waals surface area (Å²) in [7, 11) is 1.55. The van der Waals surface area contributed by atoms with Gasteiger partial charge in [-0.25, -0.2) is 18.1 Å². The summed E-state index contributed by atoms with van der Waals surface area (Å²) in [6.45, 7) is 4.43. The minimum atomic E-state index is -3.91. The monoisotopic (exact) mass is 393 g/mol. The van der Waals surface area contributed by atoms with Gasteiger partial charge in [-0.15, -0.1) is 0 Å². The van der Waals surface area contributed by atoms with Gasteiger partial charge < -0.3 is 4.74 Å². The van der Waals surface area contributed by atoms with E-state index in [1.807, 2.05) is 6.92 Å². The summed E-state index contributed by atoms with van der Waals surface area (Å²) in [5.41, 5.74) is 0.658. The first kappa shape index (κ1) is 16.3. The van der Waals surface area contributed by atoms with Crippen LogP contribution < -0.4 is 4.74 Å². The molecule has 114 valence electrons. The van der Waals surface area contributed by atoms with Crippen LogP contribution in [-0.4, -0.2) is 23.2 Å². The molecule has 0 fully saturated rings. The van der Waals surface area contributed by atoms with Crippen LogP contribution in [0.4, 0.5) is 0 Å². The SMILES string of the molecule is CCn1ncnc1COc1c(C)cc(Br)cc1S(=O)(=O)Cl. The fourth-order valence-electron chi connectivity index (χ4n) is 1.87. The van der Waals surface area contributed by atoms with Crippen molar-refractivity contribution in [3.8, 4) is 5.75 Å². The first-order chi connectivity index (χ1) is 9.82. The minimum absolute atomic E-state index is 0.0707. The van der Waals surface area contributed by atoms with Crippen molar-refractivity contribution in [2.24, 2.45) is 0 Å². The van der Waals surface area contributed by atoms with E-state index in [9.17, 15) is 8.42 Å². The second kappa shape index (κ2) is 6.33. The number of halogens is 2. The summed E-state index contributed by atoms with van der Waals surface area (Å²) in [6, 6.07) is 3.17. The zero-order valence-corrected chi connectivity index (χ0v) is 14.5. The van der Waals surface area contributed by atoms with Crippen LogP contribution in [0.25, 0.3) is 0 Å². The maximum atomic E-state index is 11.7. The molecule has 0 unspecified atom stereocenters. The van der Waals surface area contributed by atoms with Crippen molar-refractivity contribution in [2.75, 3.05) is 0 Å². The van der Waals surface area contributed by atoms with Crippen LogP contribution in [0.5, 0.6) is 5.75 Å². The van der Waals surface area contributed by atoms with Crippen molar-refractivity contribution >= 4 is 35.7 Å². The number of hydrogen-bond donors (Lipinski definition) is 0. The highest BCUT2D eigenvalue weighted by molar-refractivity contribution is 9.10. The average molecular weight is 395 g/mol. The minimum Gasteiger partial charge on any atom is -0.484 e. The molecule has 0 saturated heterocycles. The molecule has 2 aromatic rings. The Balaban J connectivity index is 2.36. The second-order valence-corrected chi connectivity index (χ2v) is 7.72. The summed E-state index contributed by atoms with van der Waals surface area (Å²) < 4.78 is 31.3. The van der Waals surface area contributed by atoms with Gasteiger partial charge in [-0.05, 0) is 31.5 Å². The van der Waals surface area contributed by atoms with Gasteiger partial charge in [0.1, 0.15) is 23.6 Å². The van der Waals surface area contributed by atoms with Crippen molar-refractivity contribution in [3.63, 3.8) is 0 Å². The fraction of sp³-hybridized carbons (Fsp3) is 0.333. The Bertz CT molecular complexity index is 761. The van der Waals surface area contributed by atoms with E-state index in [0.29, 0.717) is 22.4 Å². The second-order valence-electron chi connectivity index (χ2n) is 4.27. The van der Waals surface area contributed by atoms with Gasteiger partial charge in [0, 0.05) is 21.7 Å². The zero-order chi connectivity index (χ0) is 15.6. The molecule has 1 aromatic carbocycles. The summed E-state index contributed by atoms with van der Waals surface area (Å²) in [5, 5.41) is 4.03. The quantitative estimate of drug-likeness (QED) is 0.729. The largest absolute Gasteiger partial charge is 0.484 e. The van der Waals surface area contributed by atoms with Crippen molar-refractivity contribution in [3.05, 3.63) is 34.3 Å². The molecule has 0 bridgehead atoms. The van der Waals surface area contributed by atoms with Crippen LogP contribution in [0.1, 0.15) is 18.3 Å². The maximum Gasteiger partial charge on any atom is 0.265 e. The van der Waals surface area contributed by atoms with E-state index < -0.39 is 9.05 Å². The van der Waals surface area contributed by atoms with Crippen LogP contribution >= 0.6 is 26.6 Å². The van der Waals surface area contributed by atoms with E-state index in [2.05, 4.69) is 26.0 Å². The molecule has 0 saturated carbocycles. The predicted octanol–water partition coefficient (Wildman–Crippen LogP) is 2.88. The number of aromatic nitrogens is 3. The molecular weight excluding hydrogens is 382 g/mol. The molecule has 1 heterocycles. The topological polar surface area (TPSA) is 74.1 Å². The highest BCUT2D eigenvalue weighted by Gasteiger charge is 2.20. The van der Waals surface area contributed by atoms with E-state index in [0.717, 1.165) is 0 Å². The highest BCUT2D eigenvalue weighted by atomic mass is 79.9. The summed E-state index contributed by atoms with van der Waals surface area (Å²) in [5.74, 6) is 0.830. The zero-order valence-electron chi connectivity index (χ0n) is 11.4. The normalized spacial score (nSPS) is 11.6. The Labute approximate surface area is 135 Å². The lowest BCUT2D eigenvalue weighted by Crippen LogP contribution is -2.09. The molecule has 0 amide bonds. The van der Waals surface area contributed by atoms with Gasteiger partial charge >= 0.3 is 0 Å². The molecule has 0 N–H and O–H groups in total. The van der Waals surface area contributed by atoms with Crippen LogP contribution in [0.2, 0.25) is 0 Å². The number of ether oxygens (including phenoxy) is 1. The third-order valence-corrected chi connectivity index (χ3v) is 4.59. The molecule has 2 rings (SSSR count). The molecule has 0 aliphatic carbocycles. The van der Waals surface area contributed by atoms with Gasteiger partial charge in [0.25, 0.3) is 9.05 Å².